The van der Waals surface area contributed by atoms with Crippen LogP contribution in [0.1, 0.15) is 44.2 Å². The summed E-state index contributed by atoms with van der Waals surface area (Å²) in [4.78, 5) is 3.95. The second-order valence-electron chi connectivity index (χ2n) is 5.23. The molecule has 1 saturated carbocycles. The minimum absolute atomic E-state index is 0.237. The van der Waals surface area contributed by atoms with Crippen molar-refractivity contribution in [3.05, 3.63) is 29.8 Å². The number of nitrogens with one attached hydrogen (secondary N) is 1. The standard InChI is InChI=1S/C14H21FN2/c1-10-4-3-5-11(6-10)14(16-2)12-7-13(15)9-17-8-12/h7-11,14,16H,3-6H2,1-2H3. The molecule has 1 fully saturated rings. The van der Waals surface area contributed by atoms with E-state index in [1.807, 2.05) is 7.05 Å². The molecular weight excluding hydrogens is 215 g/mol. The molecule has 3 unspecified atom stereocenters. The van der Waals surface area contributed by atoms with Crippen LogP contribution >= 0.6 is 0 Å². The zero-order valence-electron chi connectivity index (χ0n) is 10.6. The van der Waals surface area contributed by atoms with Gasteiger partial charge in [-0.15, -0.1) is 0 Å². The predicted octanol–water partition coefficient (Wildman–Crippen LogP) is 3.31. The third-order valence-electron chi connectivity index (χ3n) is 3.84. The molecule has 2 nitrogen and oxygen atoms in total. The molecule has 0 aliphatic heterocycles. The van der Waals surface area contributed by atoms with Gasteiger partial charge in [0.1, 0.15) is 5.82 Å². The van der Waals surface area contributed by atoms with E-state index in [1.165, 1.54) is 31.9 Å². The van der Waals surface area contributed by atoms with E-state index < -0.39 is 0 Å². The number of pyridine rings is 1. The largest absolute Gasteiger partial charge is 0.313 e. The fourth-order valence-corrected chi connectivity index (χ4v) is 3.06. The highest BCUT2D eigenvalue weighted by atomic mass is 19.1. The fourth-order valence-electron chi connectivity index (χ4n) is 3.06. The number of nitrogens with zero attached hydrogens (tertiary/aromatic N) is 1. The van der Waals surface area contributed by atoms with E-state index in [4.69, 9.17) is 0 Å². The Kier molecular flexibility index (Phi) is 4.11. The molecule has 1 N–H and O–H groups in total. The summed E-state index contributed by atoms with van der Waals surface area (Å²) in [7, 11) is 1.95. The summed E-state index contributed by atoms with van der Waals surface area (Å²) in [5, 5.41) is 3.33. The van der Waals surface area contributed by atoms with Crippen LogP contribution < -0.4 is 5.32 Å². The number of halogens is 1. The van der Waals surface area contributed by atoms with Crippen molar-refractivity contribution in [3.63, 3.8) is 0 Å². The van der Waals surface area contributed by atoms with Gasteiger partial charge in [0.05, 0.1) is 6.20 Å². The quantitative estimate of drug-likeness (QED) is 0.871. The molecule has 1 aromatic rings. The first-order valence-corrected chi connectivity index (χ1v) is 6.48. The molecule has 1 aliphatic rings. The van der Waals surface area contributed by atoms with Crippen LogP contribution in [-0.2, 0) is 0 Å². The summed E-state index contributed by atoms with van der Waals surface area (Å²) in [5.74, 6) is 1.14. The molecule has 3 heteroatoms. The Morgan fingerprint density at radius 2 is 2.24 bits per heavy atom. The first-order valence-electron chi connectivity index (χ1n) is 6.48. The Morgan fingerprint density at radius 1 is 1.41 bits per heavy atom. The average molecular weight is 236 g/mol. The zero-order valence-corrected chi connectivity index (χ0v) is 10.6. The van der Waals surface area contributed by atoms with E-state index in [0.29, 0.717) is 5.92 Å². The second kappa shape index (κ2) is 5.58. The first-order chi connectivity index (χ1) is 8.20. The monoisotopic (exact) mass is 236 g/mol. The van der Waals surface area contributed by atoms with Gasteiger partial charge in [-0.1, -0.05) is 19.8 Å². The van der Waals surface area contributed by atoms with Gasteiger partial charge >= 0.3 is 0 Å². The lowest BCUT2D eigenvalue weighted by atomic mass is 9.77. The molecule has 0 amide bonds. The molecule has 0 saturated heterocycles. The third-order valence-corrected chi connectivity index (χ3v) is 3.84. The van der Waals surface area contributed by atoms with Crippen LogP contribution in [0.3, 0.4) is 0 Å². The maximum absolute atomic E-state index is 13.2. The lowest BCUT2D eigenvalue weighted by Crippen LogP contribution is -2.29. The summed E-state index contributed by atoms with van der Waals surface area (Å²) in [6, 6.07) is 1.84. The van der Waals surface area contributed by atoms with Crippen molar-refractivity contribution in [2.45, 2.75) is 38.6 Å². The Hall–Kier alpha value is -0.960. The Morgan fingerprint density at radius 3 is 2.88 bits per heavy atom. The van der Waals surface area contributed by atoms with Crippen molar-refractivity contribution >= 4 is 0 Å². The van der Waals surface area contributed by atoms with Crippen LogP contribution in [0.15, 0.2) is 18.5 Å². The van der Waals surface area contributed by atoms with Crippen molar-refractivity contribution in [1.82, 2.24) is 10.3 Å². The van der Waals surface area contributed by atoms with E-state index in [2.05, 4.69) is 17.2 Å². The van der Waals surface area contributed by atoms with Gasteiger partial charge in [0.15, 0.2) is 0 Å². The lowest BCUT2D eigenvalue weighted by molar-refractivity contribution is 0.229. The molecule has 2 rings (SSSR count). The van der Waals surface area contributed by atoms with Gasteiger partial charge < -0.3 is 5.32 Å². The highest BCUT2D eigenvalue weighted by Gasteiger charge is 2.27. The molecule has 0 aromatic carbocycles. The van der Waals surface area contributed by atoms with Crippen molar-refractivity contribution in [3.8, 4) is 0 Å². The van der Waals surface area contributed by atoms with E-state index in [9.17, 15) is 4.39 Å². The maximum Gasteiger partial charge on any atom is 0.141 e. The van der Waals surface area contributed by atoms with Gasteiger partial charge in [-0.2, -0.15) is 0 Å². The molecule has 1 aromatic heterocycles. The molecule has 0 bridgehead atoms. The van der Waals surface area contributed by atoms with Gasteiger partial charge in [-0.3, -0.25) is 4.98 Å². The van der Waals surface area contributed by atoms with Gasteiger partial charge in [-0.25, -0.2) is 4.39 Å². The molecule has 0 radical (unpaired) electrons. The fraction of sp³-hybridized carbons (Fsp3) is 0.643. The summed E-state index contributed by atoms with van der Waals surface area (Å²) >= 11 is 0. The lowest BCUT2D eigenvalue weighted by Gasteiger charge is -2.33. The van der Waals surface area contributed by atoms with Crippen LogP contribution in [0.25, 0.3) is 0 Å². The van der Waals surface area contributed by atoms with Gasteiger partial charge in [0, 0.05) is 12.2 Å². The molecule has 1 heterocycles. The third kappa shape index (κ3) is 3.03. The summed E-state index contributed by atoms with van der Waals surface area (Å²) in [6.07, 6.45) is 8.11. The topological polar surface area (TPSA) is 24.9 Å². The van der Waals surface area contributed by atoms with E-state index in [1.54, 1.807) is 12.3 Å². The van der Waals surface area contributed by atoms with Gasteiger partial charge in [0.25, 0.3) is 0 Å². The zero-order chi connectivity index (χ0) is 12.3. The van der Waals surface area contributed by atoms with Gasteiger partial charge in [0.2, 0.25) is 0 Å². The van der Waals surface area contributed by atoms with Gasteiger partial charge in [-0.05, 0) is 43.4 Å². The number of aromatic nitrogens is 1. The Balaban J connectivity index is 2.15. The predicted molar refractivity (Wildman–Crippen MR) is 67.1 cm³/mol. The molecule has 17 heavy (non-hydrogen) atoms. The highest BCUT2D eigenvalue weighted by Crippen LogP contribution is 2.36. The summed E-state index contributed by atoms with van der Waals surface area (Å²) in [6.45, 7) is 2.31. The molecule has 94 valence electrons. The number of hydrogen-bond donors (Lipinski definition) is 1. The maximum atomic E-state index is 13.2. The highest BCUT2D eigenvalue weighted by molar-refractivity contribution is 5.16. The molecule has 3 atom stereocenters. The first kappa shape index (κ1) is 12.5. The van der Waals surface area contributed by atoms with E-state index in [-0.39, 0.29) is 11.9 Å². The van der Waals surface area contributed by atoms with Crippen LogP contribution in [0.4, 0.5) is 4.39 Å². The number of hydrogen-bond acceptors (Lipinski definition) is 2. The van der Waals surface area contributed by atoms with Crippen molar-refractivity contribution in [1.29, 1.82) is 0 Å². The van der Waals surface area contributed by atoms with Crippen LogP contribution in [-0.4, -0.2) is 12.0 Å². The Labute approximate surface area is 103 Å². The summed E-state index contributed by atoms with van der Waals surface area (Å²) in [5.41, 5.74) is 0.978. The number of rotatable bonds is 3. The molecular formula is C14H21FN2. The average Bonchev–Trinajstić information content (AvgIpc) is 2.30. The minimum Gasteiger partial charge on any atom is -0.313 e. The van der Waals surface area contributed by atoms with E-state index in [0.717, 1.165) is 11.5 Å². The molecule has 1 aliphatic carbocycles. The SMILES string of the molecule is CNC(c1cncc(F)c1)C1CCCC(C)C1. The van der Waals surface area contributed by atoms with Crippen LogP contribution in [0, 0.1) is 17.7 Å². The van der Waals surface area contributed by atoms with E-state index >= 15 is 0 Å². The minimum atomic E-state index is -0.244. The smallest absolute Gasteiger partial charge is 0.141 e. The second-order valence-corrected chi connectivity index (χ2v) is 5.23. The van der Waals surface area contributed by atoms with Crippen molar-refractivity contribution in [2.75, 3.05) is 7.05 Å². The molecule has 0 spiro atoms. The summed E-state index contributed by atoms with van der Waals surface area (Å²) < 4.78 is 13.2. The van der Waals surface area contributed by atoms with Crippen molar-refractivity contribution < 1.29 is 4.39 Å². The van der Waals surface area contributed by atoms with Crippen LogP contribution in [0.2, 0.25) is 0 Å². The van der Waals surface area contributed by atoms with Crippen molar-refractivity contribution in [2.24, 2.45) is 11.8 Å². The Bertz CT molecular complexity index is 367. The normalized spacial score (nSPS) is 26.8. The van der Waals surface area contributed by atoms with Crippen LogP contribution in [0.5, 0.6) is 0 Å².